The van der Waals surface area contributed by atoms with Gasteiger partial charge in [-0.1, -0.05) is 18.2 Å². The number of rotatable bonds is 5. The lowest BCUT2D eigenvalue weighted by molar-refractivity contribution is -0.118. The first-order valence-corrected chi connectivity index (χ1v) is 9.93. The van der Waals surface area contributed by atoms with Gasteiger partial charge in [0.1, 0.15) is 11.6 Å². The summed E-state index contributed by atoms with van der Waals surface area (Å²) in [5.74, 6) is -2.04. The highest BCUT2D eigenvalue weighted by Crippen LogP contribution is 2.28. The van der Waals surface area contributed by atoms with Gasteiger partial charge in [-0.05, 0) is 30.2 Å². The lowest BCUT2D eigenvalue weighted by Crippen LogP contribution is -2.36. The summed E-state index contributed by atoms with van der Waals surface area (Å²) in [5.41, 5.74) is 1.60. The molecule has 0 atom stereocenters. The van der Waals surface area contributed by atoms with E-state index in [0.29, 0.717) is 12.6 Å². The van der Waals surface area contributed by atoms with Crippen molar-refractivity contribution in [2.45, 2.75) is 12.8 Å². The second-order valence-corrected chi connectivity index (χ2v) is 8.01. The number of halogens is 2. The van der Waals surface area contributed by atoms with Gasteiger partial charge in [0, 0.05) is 31.3 Å². The first-order valence-electron chi connectivity index (χ1n) is 8.08. The molecule has 0 fully saturated rings. The van der Waals surface area contributed by atoms with Crippen LogP contribution in [0.15, 0.2) is 42.5 Å². The SMILES string of the molecule is CS(=O)(=O)N(CCC(=O)N1CCc2ccccc21)c1ccc(F)cc1F. The number of benzene rings is 2. The third kappa shape index (κ3) is 3.70. The fourth-order valence-electron chi connectivity index (χ4n) is 3.08. The van der Waals surface area contributed by atoms with Crippen molar-refractivity contribution in [2.24, 2.45) is 0 Å². The molecule has 0 spiro atoms. The summed E-state index contributed by atoms with van der Waals surface area (Å²) in [5, 5.41) is 0. The highest BCUT2D eigenvalue weighted by atomic mass is 32.2. The molecule has 3 rings (SSSR count). The molecular weight excluding hydrogens is 362 g/mol. The topological polar surface area (TPSA) is 57.7 Å². The van der Waals surface area contributed by atoms with Crippen LogP contribution in [0, 0.1) is 11.6 Å². The number of hydrogen-bond donors (Lipinski definition) is 0. The zero-order chi connectivity index (χ0) is 18.9. The summed E-state index contributed by atoms with van der Waals surface area (Å²) in [6.07, 6.45) is 1.55. The molecule has 2 aromatic carbocycles. The summed E-state index contributed by atoms with van der Waals surface area (Å²) in [7, 11) is -3.83. The van der Waals surface area contributed by atoms with Gasteiger partial charge in [0.05, 0.1) is 11.9 Å². The normalized spacial score (nSPS) is 13.6. The van der Waals surface area contributed by atoms with Crippen LogP contribution < -0.4 is 9.21 Å². The molecular formula is C18H18F2N2O3S. The largest absolute Gasteiger partial charge is 0.312 e. The summed E-state index contributed by atoms with van der Waals surface area (Å²) in [6.45, 7) is 0.306. The molecule has 0 aromatic heterocycles. The maximum atomic E-state index is 14.0. The monoisotopic (exact) mass is 380 g/mol. The van der Waals surface area contributed by atoms with Crippen LogP contribution in [-0.4, -0.2) is 33.7 Å². The molecule has 8 heteroatoms. The first kappa shape index (κ1) is 18.3. The highest BCUT2D eigenvalue weighted by Gasteiger charge is 2.27. The van der Waals surface area contributed by atoms with Crippen molar-refractivity contribution in [3.05, 3.63) is 59.7 Å². The number of carbonyl (C=O) groups excluding carboxylic acids is 1. The Morgan fingerprint density at radius 2 is 1.92 bits per heavy atom. The van der Waals surface area contributed by atoms with Crippen LogP contribution in [0.3, 0.4) is 0 Å². The van der Waals surface area contributed by atoms with E-state index in [1.54, 1.807) is 4.90 Å². The fraction of sp³-hybridized carbons (Fsp3) is 0.278. The minimum atomic E-state index is -3.83. The number of nitrogens with zero attached hydrogens (tertiary/aromatic N) is 2. The molecule has 0 bridgehead atoms. The summed E-state index contributed by atoms with van der Waals surface area (Å²) >= 11 is 0. The maximum absolute atomic E-state index is 14.0. The third-order valence-corrected chi connectivity index (χ3v) is 5.48. The molecule has 0 aliphatic carbocycles. The van der Waals surface area contributed by atoms with Crippen LogP contribution in [-0.2, 0) is 21.2 Å². The van der Waals surface area contributed by atoms with Crippen molar-refractivity contribution in [1.29, 1.82) is 0 Å². The standard InChI is InChI=1S/C18H18F2N2O3S/c1-26(24,25)22(17-7-6-14(19)12-15(17)20)11-9-18(23)21-10-8-13-4-2-3-5-16(13)21/h2-7,12H,8-11H2,1H3. The van der Waals surface area contributed by atoms with Crippen molar-refractivity contribution < 1.29 is 22.0 Å². The van der Waals surface area contributed by atoms with E-state index in [2.05, 4.69) is 0 Å². The number of anilines is 2. The van der Waals surface area contributed by atoms with E-state index < -0.39 is 21.7 Å². The van der Waals surface area contributed by atoms with Gasteiger partial charge in [-0.25, -0.2) is 17.2 Å². The third-order valence-electron chi connectivity index (χ3n) is 4.30. The van der Waals surface area contributed by atoms with Crippen LogP contribution in [0.25, 0.3) is 0 Å². The van der Waals surface area contributed by atoms with Crippen LogP contribution in [0.5, 0.6) is 0 Å². The molecule has 1 amide bonds. The molecule has 138 valence electrons. The number of sulfonamides is 1. The molecule has 0 saturated heterocycles. The Labute approximate surface area is 150 Å². The Kier molecular flexibility index (Phi) is 4.95. The Hall–Kier alpha value is -2.48. The highest BCUT2D eigenvalue weighted by molar-refractivity contribution is 7.92. The first-order chi connectivity index (χ1) is 12.3. The average Bonchev–Trinajstić information content (AvgIpc) is 2.99. The van der Waals surface area contributed by atoms with Crippen molar-refractivity contribution in [2.75, 3.05) is 28.6 Å². The number of fused-ring (bicyclic) bond motifs is 1. The molecule has 0 unspecified atom stereocenters. The van der Waals surface area contributed by atoms with Gasteiger partial charge in [-0.15, -0.1) is 0 Å². The Morgan fingerprint density at radius 3 is 2.62 bits per heavy atom. The van der Waals surface area contributed by atoms with Crippen LogP contribution >= 0.6 is 0 Å². The summed E-state index contributed by atoms with van der Waals surface area (Å²) in [4.78, 5) is 14.2. The average molecular weight is 380 g/mol. The lowest BCUT2D eigenvalue weighted by Gasteiger charge is -2.24. The molecule has 26 heavy (non-hydrogen) atoms. The Balaban J connectivity index is 1.78. The molecule has 0 saturated carbocycles. The predicted molar refractivity (Wildman–Crippen MR) is 95.7 cm³/mol. The van der Waals surface area contributed by atoms with Gasteiger partial charge < -0.3 is 4.90 Å². The van der Waals surface area contributed by atoms with E-state index in [1.807, 2.05) is 24.3 Å². The Morgan fingerprint density at radius 1 is 1.19 bits per heavy atom. The number of para-hydroxylation sites is 1. The lowest BCUT2D eigenvalue weighted by atomic mass is 10.2. The van der Waals surface area contributed by atoms with E-state index in [-0.39, 0.29) is 24.6 Å². The minimum absolute atomic E-state index is 0.113. The number of amides is 1. The van der Waals surface area contributed by atoms with Crippen LogP contribution in [0.2, 0.25) is 0 Å². The van der Waals surface area contributed by atoms with E-state index >= 15 is 0 Å². The van der Waals surface area contributed by atoms with Gasteiger partial charge in [0.15, 0.2) is 0 Å². The number of carbonyl (C=O) groups is 1. The van der Waals surface area contributed by atoms with Crippen LogP contribution in [0.1, 0.15) is 12.0 Å². The van der Waals surface area contributed by atoms with Crippen molar-refractivity contribution in [3.63, 3.8) is 0 Å². The van der Waals surface area contributed by atoms with Crippen molar-refractivity contribution >= 4 is 27.3 Å². The van der Waals surface area contributed by atoms with E-state index in [9.17, 15) is 22.0 Å². The molecule has 1 aliphatic heterocycles. The van der Waals surface area contributed by atoms with Gasteiger partial charge in [0.2, 0.25) is 15.9 Å². The quantitative estimate of drug-likeness (QED) is 0.801. The van der Waals surface area contributed by atoms with Gasteiger partial charge in [-0.2, -0.15) is 0 Å². The predicted octanol–water partition coefficient (Wildman–Crippen LogP) is 2.71. The summed E-state index contributed by atoms with van der Waals surface area (Å²) in [6, 6.07) is 10.2. The zero-order valence-corrected chi connectivity index (χ0v) is 15.0. The molecule has 0 N–H and O–H groups in total. The van der Waals surface area contributed by atoms with Crippen LogP contribution in [0.4, 0.5) is 20.2 Å². The van der Waals surface area contributed by atoms with E-state index in [4.69, 9.17) is 0 Å². The number of hydrogen-bond acceptors (Lipinski definition) is 3. The molecule has 0 radical (unpaired) electrons. The Bertz CT molecular complexity index is 947. The molecule has 2 aromatic rings. The second-order valence-electron chi connectivity index (χ2n) is 6.10. The molecule has 1 aliphatic rings. The van der Waals surface area contributed by atoms with Crippen molar-refractivity contribution in [1.82, 2.24) is 0 Å². The summed E-state index contributed by atoms with van der Waals surface area (Å²) < 4.78 is 52.0. The van der Waals surface area contributed by atoms with Gasteiger partial charge >= 0.3 is 0 Å². The van der Waals surface area contributed by atoms with E-state index in [0.717, 1.165) is 40.4 Å². The second kappa shape index (κ2) is 7.03. The molecule has 1 heterocycles. The fourth-order valence-corrected chi connectivity index (χ4v) is 4.01. The van der Waals surface area contributed by atoms with Gasteiger partial charge in [0.25, 0.3) is 0 Å². The smallest absolute Gasteiger partial charge is 0.232 e. The zero-order valence-electron chi connectivity index (χ0n) is 14.2. The minimum Gasteiger partial charge on any atom is -0.312 e. The maximum Gasteiger partial charge on any atom is 0.232 e. The molecule has 5 nitrogen and oxygen atoms in total. The van der Waals surface area contributed by atoms with Crippen molar-refractivity contribution in [3.8, 4) is 0 Å². The van der Waals surface area contributed by atoms with E-state index in [1.165, 1.54) is 0 Å². The van der Waals surface area contributed by atoms with Gasteiger partial charge in [-0.3, -0.25) is 9.10 Å².